The Balaban J connectivity index is 1.62. The first-order valence-electron chi connectivity index (χ1n) is 8.58. The van der Waals surface area contributed by atoms with Crippen LogP contribution in [0.15, 0.2) is 23.7 Å². The van der Waals surface area contributed by atoms with Gasteiger partial charge in [0.15, 0.2) is 11.2 Å². The zero-order valence-electron chi connectivity index (χ0n) is 15.5. The van der Waals surface area contributed by atoms with E-state index < -0.39 is 12.3 Å². The van der Waals surface area contributed by atoms with E-state index in [0.717, 1.165) is 34.6 Å². The van der Waals surface area contributed by atoms with E-state index in [2.05, 4.69) is 27.2 Å². The molecule has 0 aliphatic rings. The van der Waals surface area contributed by atoms with Crippen molar-refractivity contribution in [2.45, 2.75) is 46.1 Å². The molecule has 1 N–H and O–H groups in total. The summed E-state index contributed by atoms with van der Waals surface area (Å²) in [5, 5.41) is 6.83. The van der Waals surface area contributed by atoms with Crippen molar-refractivity contribution in [1.82, 2.24) is 15.0 Å². The van der Waals surface area contributed by atoms with Crippen LogP contribution in [0.25, 0.3) is 10.6 Å². The summed E-state index contributed by atoms with van der Waals surface area (Å²) in [5.41, 5.74) is 2.40. The highest BCUT2D eigenvalue weighted by Gasteiger charge is 2.36. The SMILES string of the molecule is CCc1nc(C)c(-c2csc(Nc3ccc(CO[C@@H](C)C(F)(F)F)cn3)n2)s1. The maximum Gasteiger partial charge on any atom is 0.414 e. The van der Waals surface area contributed by atoms with Gasteiger partial charge < -0.3 is 10.1 Å². The minimum absolute atomic E-state index is 0.153. The van der Waals surface area contributed by atoms with E-state index in [0.29, 0.717) is 16.5 Å². The lowest BCUT2D eigenvalue weighted by molar-refractivity contribution is -0.217. The Morgan fingerprint density at radius 3 is 2.64 bits per heavy atom. The topological polar surface area (TPSA) is 59.9 Å². The van der Waals surface area contributed by atoms with Crippen molar-refractivity contribution >= 4 is 33.6 Å². The first-order chi connectivity index (χ1) is 13.3. The van der Waals surface area contributed by atoms with Crippen LogP contribution in [-0.4, -0.2) is 27.2 Å². The van der Waals surface area contributed by atoms with E-state index in [1.165, 1.54) is 17.5 Å². The van der Waals surface area contributed by atoms with Gasteiger partial charge in [-0.15, -0.1) is 22.7 Å². The number of pyridine rings is 1. The second kappa shape index (κ2) is 8.54. The number of nitrogens with one attached hydrogen (secondary N) is 1. The van der Waals surface area contributed by atoms with Gasteiger partial charge in [0.25, 0.3) is 0 Å². The van der Waals surface area contributed by atoms with E-state index in [-0.39, 0.29) is 6.61 Å². The molecule has 0 saturated carbocycles. The van der Waals surface area contributed by atoms with Gasteiger partial charge in [-0.2, -0.15) is 13.2 Å². The molecule has 0 aromatic carbocycles. The van der Waals surface area contributed by atoms with Gasteiger partial charge in [0.05, 0.1) is 27.9 Å². The Kier molecular flexibility index (Phi) is 6.31. The molecule has 150 valence electrons. The molecule has 10 heteroatoms. The predicted molar refractivity (Wildman–Crippen MR) is 105 cm³/mol. The molecule has 0 aliphatic heterocycles. The number of alkyl halides is 3. The van der Waals surface area contributed by atoms with Crippen molar-refractivity contribution in [3.63, 3.8) is 0 Å². The quantitative estimate of drug-likeness (QED) is 0.520. The van der Waals surface area contributed by atoms with Crippen molar-refractivity contribution in [1.29, 1.82) is 0 Å². The fourth-order valence-electron chi connectivity index (χ4n) is 2.29. The largest absolute Gasteiger partial charge is 0.414 e. The van der Waals surface area contributed by atoms with Crippen LogP contribution in [0.5, 0.6) is 0 Å². The minimum Gasteiger partial charge on any atom is -0.364 e. The fourth-order valence-corrected chi connectivity index (χ4v) is 4.03. The third-order valence-electron chi connectivity index (χ3n) is 3.90. The second-order valence-corrected chi connectivity index (χ2v) is 8.03. The lowest BCUT2D eigenvalue weighted by Gasteiger charge is -2.16. The Morgan fingerprint density at radius 1 is 1.25 bits per heavy atom. The molecule has 3 rings (SSSR count). The molecule has 3 heterocycles. The molecule has 0 saturated heterocycles. The minimum atomic E-state index is -4.37. The molecule has 5 nitrogen and oxygen atoms in total. The standard InChI is InChI=1S/C18H19F3N4OS2/c1-4-15-23-10(2)16(28-15)13-9-27-17(24-13)25-14-6-5-12(7-22-14)8-26-11(3)18(19,20)21/h5-7,9,11H,4,8H2,1-3H3,(H,22,24,25)/t11-/m0/s1. The molecule has 3 aromatic heterocycles. The van der Waals surface area contributed by atoms with Crippen LogP contribution in [-0.2, 0) is 17.8 Å². The summed E-state index contributed by atoms with van der Waals surface area (Å²) >= 11 is 3.09. The van der Waals surface area contributed by atoms with E-state index in [9.17, 15) is 13.2 Å². The third-order valence-corrected chi connectivity index (χ3v) is 5.98. The number of thiazole rings is 2. The molecule has 0 aliphatic carbocycles. The number of hydrogen-bond donors (Lipinski definition) is 1. The summed E-state index contributed by atoms with van der Waals surface area (Å²) < 4.78 is 42.2. The molecule has 0 radical (unpaired) electrons. The maximum atomic E-state index is 12.5. The summed E-state index contributed by atoms with van der Waals surface area (Å²) in [6.45, 7) is 4.87. The average molecular weight is 429 g/mol. The highest BCUT2D eigenvalue weighted by molar-refractivity contribution is 7.16. The van der Waals surface area contributed by atoms with E-state index in [1.54, 1.807) is 23.5 Å². The lowest BCUT2D eigenvalue weighted by Crippen LogP contribution is -2.28. The van der Waals surface area contributed by atoms with Crippen LogP contribution < -0.4 is 5.32 Å². The first kappa shape index (κ1) is 20.7. The highest BCUT2D eigenvalue weighted by atomic mass is 32.1. The zero-order valence-corrected chi connectivity index (χ0v) is 17.1. The van der Waals surface area contributed by atoms with Gasteiger partial charge in [-0.3, -0.25) is 0 Å². The number of aryl methyl sites for hydroxylation is 2. The normalized spacial score (nSPS) is 12.9. The lowest BCUT2D eigenvalue weighted by atomic mass is 10.3. The van der Waals surface area contributed by atoms with Gasteiger partial charge in [0.2, 0.25) is 0 Å². The van der Waals surface area contributed by atoms with Crippen LogP contribution in [0.1, 0.15) is 30.1 Å². The van der Waals surface area contributed by atoms with Crippen molar-refractivity contribution in [2.24, 2.45) is 0 Å². The Morgan fingerprint density at radius 2 is 2.04 bits per heavy atom. The molecule has 28 heavy (non-hydrogen) atoms. The molecular weight excluding hydrogens is 409 g/mol. The van der Waals surface area contributed by atoms with E-state index >= 15 is 0 Å². The van der Waals surface area contributed by atoms with Crippen LogP contribution in [0.3, 0.4) is 0 Å². The van der Waals surface area contributed by atoms with E-state index in [4.69, 9.17) is 4.74 Å². The summed E-state index contributed by atoms with van der Waals surface area (Å²) in [7, 11) is 0. The van der Waals surface area contributed by atoms with Crippen LogP contribution >= 0.6 is 22.7 Å². The number of ether oxygens (including phenoxy) is 1. The highest BCUT2D eigenvalue weighted by Crippen LogP contribution is 2.33. The number of hydrogen-bond acceptors (Lipinski definition) is 7. The van der Waals surface area contributed by atoms with Gasteiger partial charge in [0, 0.05) is 11.6 Å². The van der Waals surface area contributed by atoms with Crippen molar-refractivity contribution in [3.8, 4) is 10.6 Å². The summed E-state index contributed by atoms with van der Waals surface area (Å²) in [6.07, 6.45) is -3.81. The number of anilines is 2. The first-order valence-corrected chi connectivity index (χ1v) is 10.3. The Labute approximate surface area is 168 Å². The third kappa shape index (κ3) is 5.06. The van der Waals surface area contributed by atoms with Gasteiger partial charge in [-0.1, -0.05) is 13.0 Å². The molecule has 3 aromatic rings. The van der Waals surface area contributed by atoms with Gasteiger partial charge in [-0.25, -0.2) is 15.0 Å². The van der Waals surface area contributed by atoms with Crippen molar-refractivity contribution in [3.05, 3.63) is 40.0 Å². The molecule has 1 atom stereocenters. The zero-order chi connectivity index (χ0) is 20.3. The Hall–Kier alpha value is -2.04. The maximum absolute atomic E-state index is 12.5. The fraction of sp³-hybridized carbons (Fsp3) is 0.389. The van der Waals surface area contributed by atoms with Crippen LogP contribution in [0, 0.1) is 6.92 Å². The molecule has 0 amide bonds. The van der Waals surface area contributed by atoms with Crippen molar-refractivity contribution in [2.75, 3.05) is 5.32 Å². The number of aromatic nitrogens is 3. The van der Waals surface area contributed by atoms with Gasteiger partial charge in [0.1, 0.15) is 5.82 Å². The Bertz CT molecular complexity index is 922. The summed E-state index contributed by atoms with van der Waals surface area (Å²) in [4.78, 5) is 14.4. The molecule has 0 unspecified atom stereocenters. The second-order valence-electron chi connectivity index (χ2n) is 6.09. The molecular formula is C18H19F3N4OS2. The number of nitrogens with zero attached hydrogens (tertiary/aromatic N) is 3. The summed E-state index contributed by atoms with van der Waals surface area (Å²) in [6, 6.07) is 3.36. The number of halogens is 3. The average Bonchev–Trinajstić information content (AvgIpc) is 3.26. The molecule has 0 bridgehead atoms. The van der Waals surface area contributed by atoms with E-state index in [1.807, 2.05) is 12.3 Å². The van der Waals surface area contributed by atoms with Crippen molar-refractivity contribution < 1.29 is 17.9 Å². The smallest absolute Gasteiger partial charge is 0.364 e. The summed E-state index contributed by atoms with van der Waals surface area (Å²) in [5.74, 6) is 0.559. The number of rotatable bonds is 7. The van der Waals surface area contributed by atoms with Gasteiger partial charge >= 0.3 is 6.18 Å². The predicted octanol–water partition coefficient (Wildman–Crippen LogP) is 5.74. The molecule has 0 spiro atoms. The molecule has 0 fully saturated rings. The monoisotopic (exact) mass is 428 g/mol. The van der Waals surface area contributed by atoms with Gasteiger partial charge in [-0.05, 0) is 31.9 Å². The van der Waals surface area contributed by atoms with Crippen LogP contribution in [0.2, 0.25) is 0 Å². The van der Waals surface area contributed by atoms with Crippen LogP contribution in [0.4, 0.5) is 24.1 Å².